The molecule has 0 aromatic carbocycles. The summed E-state index contributed by atoms with van der Waals surface area (Å²) in [7, 11) is 0. The van der Waals surface area contributed by atoms with Crippen LogP contribution in [-0.4, -0.2) is 32.1 Å². The second kappa shape index (κ2) is 3.39. The van der Waals surface area contributed by atoms with Crippen LogP contribution in [0.25, 0.3) is 11.5 Å². The second-order valence-electron chi connectivity index (χ2n) is 2.94. The van der Waals surface area contributed by atoms with Gasteiger partial charge in [0.15, 0.2) is 0 Å². The number of aromatic nitrogens is 3. The van der Waals surface area contributed by atoms with E-state index in [1.807, 2.05) is 24.7 Å². The molecule has 2 heterocycles. The topological polar surface area (TPSA) is 30.7 Å². The van der Waals surface area contributed by atoms with E-state index in [4.69, 9.17) is 0 Å². The van der Waals surface area contributed by atoms with E-state index in [2.05, 4.69) is 26.2 Å². The summed E-state index contributed by atoms with van der Waals surface area (Å²) < 4.78 is 2.09. The summed E-state index contributed by atoms with van der Waals surface area (Å²) in [6, 6.07) is 4.04. The molecule has 0 saturated heterocycles. The molecule has 2 aromatic heterocycles. The van der Waals surface area contributed by atoms with Gasteiger partial charge in [-0.2, -0.15) is 0 Å². The molecule has 0 fully saturated rings. The van der Waals surface area contributed by atoms with E-state index in [9.17, 15) is 0 Å². The van der Waals surface area contributed by atoms with Gasteiger partial charge in [-0.25, -0.2) is 0 Å². The van der Waals surface area contributed by atoms with Crippen molar-refractivity contribution in [2.24, 2.45) is 0 Å². The van der Waals surface area contributed by atoms with E-state index < -0.39 is 0 Å². The molecule has 2 aromatic rings. The van der Waals surface area contributed by atoms with E-state index in [1.54, 1.807) is 0 Å². The normalized spacial score (nSPS) is 10.2. The van der Waals surface area contributed by atoms with Crippen LogP contribution in [0.15, 0.2) is 30.7 Å². The van der Waals surface area contributed by atoms with Crippen molar-refractivity contribution in [2.75, 3.05) is 0 Å². The molecule has 13 heavy (non-hydrogen) atoms. The predicted octanol–water partition coefficient (Wildman–Crippen LogP) is 0.917. The third kappa shape index (κ3) is 1.68. The van der Waals surface area contributed by atoms with Gasteiger partial charge in [0.25, 0.3) is 0 Å². The maximum absolute atomic E-state index is 4.28. The molecule has 63 valence electrons. The van der Waals surface area contributed by atoms with Crippen molar-refractivity contribution in [3.05, 3.63) is 36.3 Å². The Morgan fingerprint density at radius 3 is 2.77 bits per heavy atom. The molecule has 1 radical (unpaired) electrons. The zero-order valence-corrected chi connectivity index (χ0v) is 10.4. The van der Waals surface area contributed by atoms with Crippen molar-refractivity contribution in [3.63, 3.8) is 0 Å². The third-order valence-corrected chi connectivity index (χ3v) is 2.93. The summed E-state index contributed by atoms with van der Waals surface area (Å²) in [5, 5.41) is 0. The molecule has 0 saturated carbocycles. The van der Waals surface area contributed by atoms with E-state index in [0.717, 1.165) is 30.4 Å². The summed E-state index contributed by atoms with van der Waals surface area (Å²) in [4.78, 5) is 8.54. The number of imidazole rings is 1. The minimum absolute atomic E-state index is 0.955. The van der Waals surface area contributed by atoms with Crippen LogP contribution in [0.5, 0.6) is 0 Å². The van der Waals surface area contributed by atoms with Crippen LogP contribution in [0.4, 0.5) is 0 Å². The van der Waals surface area contributed by atoms with Crippen molar-refractivity contribution >= 4 is 18.8 Å². The van der Waals surface area contributed by atoms with Crippen molar-refractivity contribution in [3.8, 4) is 11.5 Å². The second-order valence-corrected chi connectivity index (χ2v) is 4.37. The van der Waals surface area contributed by atoms with Gasteiger partial charge in [-0.1, -0.05) is 0 Å². The van der Waals surface area contributed by atoms with Crippen LogP contribution in [0.1, 0.15) is 5.56 Å². The fourth-order valence-corrected chi connectivity index (χ4v) is 1.91. The average Bonchev–Trinajstić information content (AvgIpc) is 2.51. The van der Waals surface area contributed by atoms with Gasteiger partial charge in [0, 0.05) is 0 Å². The molecule has 3 nitrogen and oxygen atoms in total. The molecule has 0 aliphatic carbocycles. The van der Waals surface area contributed by atoms with Gasteiger partial charge in [0.2, 0.25) is 0 Å². The van der Waals surface area contributed by atoms with E-state index in [-0.39, 0.29) is 0 Å². The van der Waals surface area contributed by atoms with Crippen LogP contribution >= 0.6 is 0 Å². The fourth-order valence-electron chi connectivity index (χ4n) is 1.20. The van der Waals surface area contributed by atoms with Gasteiger partial charge >= 0.3 is 86.8 Å². The van der Waals surface area contributed by atoms with Crippen molar-refractivity contribution in [2.45, 2.75) is 6.92 Å². The van der Waals surface area contributed by atoms with Crippen molar-refractivity contribution in [1.82, 2.24) is 13.2 Å². The Labute approximate surface area is 87.0 Å². The average molecular weight is 229 g/mol. The molecule has 0 unspecified atom stereocenters. The zero-order chi connectivity index (χ0) is 9.26. The van der Waals surface area contributed by atoms with Gasteiger partial charge in [0.1, 0.15) is 0 Å². The molecule has 0 atom stereocenters. The summed E-state index contributed by atoms with van der Waals surface area (Å²) in [6.45, 7) is 2.06. The maximum atomic E-state index is 4.28. The van der Waals surface area contributed by atoms with Gasteiger partial charge < -0.3 is 0 Å². The number of nitrogens with zero attached hydrogens (tertiary/aromatic N) is 3. The van der Waals surface area contributed by atoms with E-state index in [0.29, 0.717) is 0 Å². The Kier molecular flexibility index (Phi) is 2.24. The Morgan fingerprint density at radius 2 is 2.15 bits per heavy atom. The van der Waals surface area contributed by atoms with Crippen LogP contribution in [0.2, 0.25) is 0 Å². The fraction of sp³-hybridized carbons (Fsp3) is 0.111. The molecule has 4 heteroatoms. The monoisotopic (exact) mass is 228 g/mol. The summed E-state index contributed by atoms with van der Waals surface area (Å²) >= 11 is 1.05. The summed E-state index contributed by atoms with van der Waals surface area (Å²) in [5.41, 5.74) is 2.17. The molecule has 0 amide bonds. The minimum atomic E-state index is 0.955. The molecule has 2 rings (SSSR count). The van der Waals surface area contributed by atoms with Crippen molar-refractivity contribution in [1.29, 1.82) is 0 Å². The molecule has 0 aliphatic rings. The van der Waals surface area contributed by atoms with Crippen LogP contribution < -0.4 is 0 Å². The van der Waals surface area contributed by atoms with Crippen LogP contribution in [-0.2, 0) is 0 Å². The quantitative estimate of drug-likeness (QED) is 0.680. The molecule has 0 N–H and O–H groups in total. The van der Waals surface area contributed by atoms with E-state index >= 15 is 0 Å². The SMILES string of the molecule is Cc1ccnc(-c2ncc[n]2[GaH])c1. The number of aryl methyl sites for hydroxylation is 1. The predicted molar refractivity (Wildman–Crippen MR) is 52.7 cm³/mol. The summed E-state index contributed by atoms with van der Waals surface area (Å²) in [6.07, 6.45) is 5.60. The number of hydrogen-bond donors (Lipinski definition) is 0. The van der Waals surface area contributed by atoms with Crippen LogP contribution in [0, 0.1) is 6.92 Å². The van der Waals surface area contributed by atoms with Gasteiger partial charge in [0.05, 0.1) is 0 Å². The Morgan fingerprint density at radius 1 is 1.31 bits per heavy atom. The molecular weight excluding hydrogens is 220 g/mol. The number of pyridine rings is 1. The van der Waals surface area contributed by atoms with Crippen LogP contribution in [0.3, 0.4) is 0 Å². The van der Waals surface area contributed by atoms with Gasteiger partial charge in [-0.15, -0.1) is 0 Å². The third-order valence-electron chi connectivity index (χ3n) is 1.86. The standard InChI is InChI=1S/C9H8N3.Ga.H/c1-7-2-3-10-8(6-7)9-11-4-5-12-9;;/h2-6H,1H3;;/q-1;+1;. The molecule has 0 spiro atoms. The van der Waals surface area contributed by atoms with Gasteiger partial charge in [-0.05, 0) is 0 Å². The van der Waals surface area contributed by atoms with E-state index in [1.165, 1.54) is 5.56 Å². The summed E-state index contributed by atoms with van der Waals surface area (Å²) in [5.74, 6) is 0.962. The Bertz CT molecular complexity index is 422. The Balaban J connectivity index is 2.53. The first-order valence-corrected chi connectivity index (χ1v) is 5.37. The first kappa shape index (κ1) is 8.59. The van der Waals surface area contributed by atoms with Crippen molar-refractivity contribution < 1.29 is 0 Å². The first-order valence-electron chi connectivity index (χ1n) is 4.04. The van der Waals surface area contributed by atoms with Gasteiger partial charge in [-0.3, -0.25) is 0 Å². The molecular formula is C9H9GaN3. The number of rotatable bonds is 1. The Hall–Kier alpha value is -1.00. The molecule has 0 aliphatic heterocycles. The first-order chi connectivity index (χ1) is 6.27. The zero-order valence-electron chi connectivity index (χ0n) is 7.44. The molecule has 0 bridgehead atoms. The number of hydrogen-bond acceptors (Lipinski definition) is 2.